The van der Waals surface area contributed by atoms with Gasteiger partial charge in [-0.2, -0.15) is 0 Å². The van der Waals surface area contributed by atoms with Crippen LogP contribution < -0.4 is 5.43 Å². The lowest BCUT2D eigenvalue weighted by Gasteiger charge is -2.15. The maximum Gasteiger partial charge on any atom is 0.192 e. The van der Waals surface area contributed by atoms with Crippen LogP contribution in [0.4, 0.5) is 0 Å². The highest BCUT2D eigenvalue weighted by Crippen LogP contribution is 2.26. The Kier molecular flexibility index (Phi) is 2.61. The Morgan fingerprint density at radius 1 is 0.706 bits per heavy atom. The minimum absolute atomic E-state index is 0.167. The lowest BCUT2D eigenvalue weighted by Crippen LogP contribution is -2.13. The van der Waals surface area contributed by atoms with Gasteiger partial charge in [0.05, 0.1) is 5.52 Å². The third kappa shape index (κ3) is 1.51. The fourth-order valence-corrected chi connectivity index (χ4v) is 2.39. The van der Waals surface area contributed by atoms with Crippen molar-refractivity contribution in [1.82, 2.24) is 4.98 Å². The highest BCUT2D eigenvalue weighted by atomic mass is 16.1. The standard InChI is InChI=1S/C15H19NO/c1-7-8(2)10(4)14-13(9(7)3)15(17)11(5)12(6)16-14/h1-6H3,(H,16,17). The predicted molar refractivity (Wildman–Crippen MR) is 73.0 cm³/mol. The van der Waals surface area contributed by atoms with Crippen LogP contribution in [-0.4, -0.2) is 4.98 Å². The number of H-pyrrole nitrogens is 1. The minimum Gasteiger partial charge on any atom is -0.358 e. The lowest BCUT2D eigenvalue weighted by atomic mass is 9.93. The van der Waals surface area contributed by atoms with Crippen LogP contribution in [0.25, 0.3) is 10.9 Å². The lowest BCUT2D eigenvalue weighted by molar-refractivity contribution is 1.14. The van der Waals surface area contributed by atoms with Crippen molar-refractivity contribution >= 4 is 10.9 Å². The molecule has 17 heavy (non-hydrogen) atoms. The Labute approximate surface area is 102 Å². The summed E-state index contributed by atoms with van der Waals surface area (Å²) in [5.41, 5.74) is 7.74. The maximum atomic E-state index is 12.4. The second-order valence-electron chi connectivity index (χ2n) is 4.95. The largest absolute Gasteiger partial charge is 0.358 e. The van der Waals surface area contributed by atoms with E-state index in [0.29, 0.717) is 0 Å². The van der Waals surface area contributed by atoms with E-state index < -0.39 is 0 Å². The van der Waals surface area contributed by atoms with Gasteiger partial charge in [-0.25, -0.2) is 0 Å². The van der Waals surface area contributed by atoms with Crippen molar-refractivity contribution in [3.05, 3.63) is 43.7 Å². The van der Waals surface area contributed by atoms with Crippen LogP contribution in [0.3, 0.4) is 0 Å². The SMILES string of the molecule is Cc1[nH]c2c(C)c(C)c(C)c(C)c2c(=O)c1C. The molecular formula is C15H19NO. The Morgan fingerprint density at radius 3 is 1.82 bits per heavy atom. The molecule has 0 amide bonds. The molecule has 0 atom stereocenters. The van der Waals surface area contributed by atoms with Gasteiger partial charge < -0.3 is 4.98 Å². The van der Waals surface area contributed by atoms with Gasteiger partial charge in [0.1, 0.15) is 0 Å². The molecule has 1 aromatic heterocycles. The van der Waals surface area contributed by atoms with Gasteiger partial charge in [0, 0.05) is 16.6 Å². The summed E-state index contributed by atoms with van der Waals surface area (Å²) in [7, 11) is 0. The zero-order valence-electron chi connectivity index (χ0n) is 11.4. The highest BCUT2D eigenvalue weighted by Gasteiger charge is 2.14. The van der Waals surface area contributed by atoms with Crippen LogP contribution >= 0.6 is 0 Å². The average Bonchev–Trinajstić information content (AvgIpc) is 2.30. The summed E-state index contributed by atoms with van der Waals surface area (Å²) < 4.78 is 0. The van der Waals surface area contributed by atoms with E-state index >= 15 is 0 Å². The number of hydrogen-bond acceptors (Lipinski definition) is 1. The topological polar surface area (TPSA) is 32.9 Å². The predicted octanol–water partition coefficient (Wildman–Crippen LogP) is 3.38. The van der Waals surface area contributed by atoms with Crippen LogP contribution in [0.1, 0.15) is 33.5 Å². The van der Waals surface area contributed by atoms with E-state index in [1.165, 1.54) is 16.7 Å². The molecule has 0 aliphatic heterocycles. The van der Waals surface area contributed by atoms with Crippen molar-refractivity contribution in [2.45, 2.75) is 41.5 Å². The molecule has 2 nitrogen and oxygen atoms in total. The van der Waals surface area contributed by atoms with Gasteiger partial charge in [-0.1, -0.05) is 0 Å². The summed E-state index contributed by atoms with van der Waals surface area (Å²) in [5, 5.41) is 0.855. The van der Waals surface area contributed by atoms with Gasteiger partial charge in [0.25, 0.3) is 0 Å². The van der Waals surface area contributed by atoms with Crippen molar-refractivity contribution in [2.24, 2.45) is 0 Å². The molecule has 0 unspecified atom stereocenters. The molecule has 2 aromatic rings. The fourth-order valence-electron chi connectivity index (χ4n) is 2.39. The molecular weight excluding hydrogens is 210 g/mol. The molecule has 1 N–H and O–H groups in total. The average molecular weight is 229 g/mol. The molecule has 0 saturated heterocycles. The zero-order valence-corrected chi connectivity index (χ0v) is 11.4. The number of aromatic nitrogens is 1. The van der Waals surface area contributed by atoms with Crippen LogP contribution in [0.15, 0.2) is 4.79 Å². The molecule has 0 saturated carbocycles. The molecule has 1 heterocycles. The second kappa shape index (κ2) is 3.73. The summed E-state index contributed by atoms with van der Waals surface area (Å²) in [6, 6.07) is 0. The summed E-state index contributed by atoms with van der Waals surface area (Å²) in [4.78, 5) is 15.7. The van der Waals surface area contributed by atoms with E-state index in [0.717, 1.165) is 27.7 Å². The van der Waals surface area contributed by atoms with Crippen molar-refractivity contribution in [1.29, 1.82) is 0 Å². The van der Waals surface area contributed by atoms with Crippen LogP contribution in [-0.2, 0) is 0 Å². The molecule has 0 aliphatic rings. The first-order chi connectivity index (χ1) is 7.86. The molecule has 2 rings (SSSR count). The van der Waals surface area contributed by atoms with Crippen LogP contribution in [0, 0.1) is 41.5 Å². The molecule has 0 spiro atoms. The van der Waals surface area contributed by atoms with Gasteiger partial charge in [-0.15, -0.1) is 0 Å². The minimum atomic E-state index is 0.167. The summed E-state index contributed by atoms with van der Waals surface area (Å²) in [5.74, 6) is 0. The number of fused-ring (bicyclic) bond motifs is 1. The molecule has 0 bridgehead atoms. The number of aromatic amines is 1. The van der Waals surface area contributed by atoms with Gasteiger partial charge in [0.15, 0.2) is 5.43 Å². The maximum absolute atomic E-state index is 12.4. The van der Waals surface area contributed by atoms with Crippen molar-refractivity contribution < 1.29 is 0 Å². The van der Waals surface area contributed by atoms with E-state index in [1.807, 2.05) is 20.8 Å². The Bertz CT molecular complexity index is 678. The smallest absolute Gasteiger partial charge is 0.192 e. The highest BCUT2D eigenvalue weighted by molar-refractivity contribution is 5.88. The first-order valence-corrected chi connectivity index (χ1v) is 5.95. The Balaban J connectivity index is 3.18. The molecule has 0 fully saturated rings. The van der Waals surface area contributed by atoms with Crippen molar-refractivity contribution in [2.75, 3.05) is 0 Å². The van der Waals surface area contributed by atoms with Gasteiger partial charge >= 0.3 is 0 Å². The Morgan fingerprint density at radius 2 is 1.24 bits per heavy atom. The monoisotopic (exact) mass is 229 g/mol. The first-order valence-electron chi connectivity index (χ1n) is 5.95. The second-order valence-corrected chi connectivity index (χ2v) is 4.95. The Hall–Kier alpha value is -1.57. The summed E-state index contributed by atoms with van der Waals surface area (Å²) in [6.45, 7) is 12.2. The van der Waals surface area contributed by atoms with Gasteiger partial charge in [-0.05, 0) is 63.8 Å². The number of nitrogens with one attached hydrogen (secondary N) is 1. The van der Waals surface area contributed by atoms with Gasteiger partial charge in [0.2, 0.25) is 0 Å². The van der Waals surface area contributed by atoms with Crippen LogP contribution in [0.2, 0.25) is 0 Å². The zero-order chi connectivity index (χ0) is 12.9. The number of rotatable bonds is 0. The third-order valence-electron chi connectivity index (χ3n) is 4.13. The summed E-state index contributed by atoms with van der Waals surface area (Å²) >= 11 is 0. The van der Waals surface area contributed by atoms with Crippen molar-refractivity contribution in [3.8, 4) is 0 Å². The number of pyridine rings is 1. The summed E-state index contributed by atoms with van der Waals surface area (Å²) in [6.07, 6.45) is 0. The van der Waals surface area contributed by atoms with E-state index in [4.69, 9.17) is 0 Å². The molecule has 0 radical (unpaired) electrons. The first kappa shape index (κ1) is 11.9. The number of hydrogen-bond donors (Lipinski definition) is 1. The van der Waals surface area contributed by atoms with E-state index in [2.05, 4.69) is 25.8 Å². The van der Waals surface area contributed by atoms with E-state index in [1.54, 1.807) is 0 Å². The fraction of sp³-hybridized carbons (Fsp3) is 0.400. The third-order valence-corrected chi connectivity index (χ3v) is 4.13. The van der Waals surface area contributed by atoms with Crippen molar-refractivity contribution in [3.63, 3.8) is 0 Å². The van der Waals surface area contributed by atoms with Gasteiger partial charge in [-0.3, -0.25) is 4.79 Å². The molecule has 1 aromatic carbocycles. The quantitative estimate of drug-likeness (QED) is 0.738. The van der Waals surface area contributed by atoms with Crippen LogP contribution in [0.5, 0.6) is 0 Å². The number of aryl methyl sites for hydroxylation is 3. The van der Waals surface area contributed by atoms with E-state index in [9.17, 15) is 4.79 Å². The molecule has 90 valence electrons. The normalized spacial score (nSPS) is 11.2. The van der Waals surface area contributed by atoms with E-state index in [-0.39, 0.29) is 5.43 Å². The molecule has 2 heteroatoms. The molecule has 0 aliphatic carbocycles. The number of benzene rings is 1.